The molecule has 0 unspecified atom stereocenters. The molecular weight excluding hydrogens is 635 g/mol. The third-order valence-corrected chi connectivity index (χ3v) is 10.6. The molecule has 0 spiro atoms. The molecule has 0 radical (unpaired) electrons. The molecule has 0 aliphatic heterocycles. The number of benzene rings is 3. The first-order valence-corrected chi connectivity index (χ1v) is 17.7. The Labute approximate surface area is 270 Å². The number of rotatable bonds is 18. The zero-order valence-electron chi connectivity index (χ0n) is 25.8. The molecule has 0 saturated heterocycles. The largest absolute Gasteiger partial charge is 0.399 e. The fourth-order valence-electron chi connectivity index (χ4n) is 4.78. The standard InChI is InChI=1S/C31H41N5O8S2/c1-23(2)21-35(46(43,44)29-15-11-25(32)12-16-29)27(22-37)10-6-7-19-33-31(38)30(20-24-8-4-3-5-9-24)34-45(41,42)28-17-13-26(14-18-28)36(39)40/h3-5,8-9,11-18,23,27,30,34,37H,6-7,10,19-22,32H2,1-2H3,(H,33,38)/t27-,30-/m0/s1. The second-order valence-corrected chi connectivity index (χ2v) is 14.9. The predicted octanol–water partition coefficient (Wildman–Crippen LogP) is 3.06. The van der Waals surface area contributed by atoms with Crippen molar-refractivity contribution in [2.45, 2.75) is 61.4 Å². The van der Waals surface area contributed by atoms with E-state index < -0.39 is 49.6 Å². The molecule has 0 heterocycles. The topological polar surface area (TPSA) is 202 Å². The van der Waals surface area contributed by atoms with E-state index in [0.29, 0.717) is 30.5 Å². The molecule has 15 heteroatoms. The van der Waals surface area contributed by atoms with Gasteiger partial charge >= 0.3 is 0 Å². The van der Waals surface area contributed by atoms with E-state index in [2.05, 4.69) is 10.0 Å². The number of nitro groups is 1. The number of hydrogen-bond acceptors (Lipinski definition) is 9. The summed E-state index contributed by atoms with van der Waals surface area (Å²) in [5, 5.41) is 23.9. The van der Waals surface area contributed by atoms with Crippen molar-refractivity contribution in [2.24, 2.45) is 5.92 Å². The minimum atomic E-state index is -4.21. The van der Waals surface area contributed by atoms with E-state index >= 15 is 0 Å². The zero-order valence-corrected chi connectivity index (χ0v) is 27.4. The lowest BCUT2D eigenvalue weighted by molar-refractivity contribution is -0.384. The summed E-state index contributed by atoms with van der Waals surface area (Å²) in [5.41, 5.74) is 6.60. The molecule has 46 heavy (non-hydrogen) atoms. The van der Waals surface area contributed by atoms with Gasteiger partial charge in [0.2, 0.25) is 26.0 Å². The third-order valence-electron chi connectivity index (χ3n) is 7.17. The molecular formula is C31H41N5O8S2. The normalized spacial score (nSPS) is 13.4. The number of anilines is 1. The van der Waals surface area contributed by atoms with Crippen molar-refractivity contribution in [1.29, 1.82) is 0 Å². The average Bonchev–Trinajstić information content (AvgIpc) is 3.02. The van der Waals surface area contributed by atoms with Crippen molar-refractivity contribution < 1.29 is 31.7 Å². The van der Waals surface area contributed by atoms with Crippen molar-refractivity contribution in [3.05, 3.63) is 94.5 Å². The van der Waals surface area contributed by atoms with Gasteiger partial charge in [-0.2, -0.15) is 9.03 Å². The van der Waals surface area contributed by atoms with Crippen molar-refractivity contribution in [3.63, 3.8) is 0 Å². The molecule has 0 saturated carbocycles. The van der Waals surface area contributed by atoms with Gasteiger partial charge in [0.1, 0.15) is 6.04 Å². The van der Waals surface area contributed by atoms with Crippen LogP contribution in [-0.2, 0) is 31.3 Å². The predicted molar refractivity (Wildman–Crippen MR) is 175 cm³/mol. The highest BCUT2D eigenvalue weighted by molar-refractivity contribution is 7.89. The molecule has 13 nitrogen and oxygen atoms in total. The molecule has 0 aliphatic rings. The van der Waals surface area contributed by atoms with Crippen LogP contribution in [0.4, 0.5) is 11.4 Å². The van der Waals surface area contributed by atoms with Crippen LogP contribution in [0, 0.1) is 16.0 Å². The lowest BCUT2D eigenvalue weighted by Gasteiger charge is -2.31. The van der Waals surface area contributed by atoms with Gasteiger partial charge in [-0.3, -0.25) is 14.9 Å². The Hall–Kier alpha value is -3.89. The first kappa shape index (κ1) is 36.6. The smallest absolute Gasteiger partial charge is 0.269 e. The first-order chi connectivity index (χ1) is 21.7. The number of non-ortho nitro benzene ring substituents is 1. The third kappa shape index (κ3) is 10.3. The molecule has 0 bridgehead atoms. The van der Waals surface area contributed by atoms with Gasteiger partial charge < -0.3 is 16.2 Å². The zero-order chi connectivity index (χ0) is 33.9. The average molecular weight is 676 g/mol. The minimum Gasteiger partial charge on any atom is -0.399 e. The number of aliphatic hydroxyl groups excluding tert-OH is 1. The van der Waals surface area contributed by atoms with Crippen LogP contribution in [0.3, 0.4) is 0 Å². The number of nitrogens with zero attached hydrogens (tertiary/aromatic N) is 2. The maximum absolute atomic E-state index is 13.5. The maximum atomic E-state index is 13.5. The van der Waals surface area contributed by atoms with E-state index in [-0.39, 0.29) is 40.9 Å². The number of nitrogen functional groups attached to an aromatic ring is 1. The number of aliphatic hydroxyl groups is 1. The van der Waals surface area contributed by atoms with E-state index in [1.54, 1.807) is 30.3 Å². The Morgan fingerprint density at radius 3 is 2.11 bits per heavy atom. The Bertz CT molecular complexity index is 1650. The van der Waals surface area contributed by atoms with Crippen LogP contribution < -0.4 is 15.8 Å². The van der Waals surface area contributed by atoms with Gasteiger partial charge in [0.15, 0.2) is 0 Å². The molecule has 250 valence electrons. The highest BCUT2D eigenvalue weighted by Gasteiger charge is 2.32. The number of carbonyl (C=O) groups is 1. The fraction of sp³-hybridized carbons (Fsp3) is 0.387. The van der Waals surface area contributed by atoms with Crippen molar-refractivity contribution >= 4 is 37.3 Å². The maximum Gasteiger partial charge on any atom is 0.269 e. The summed E-state index contributed by atoms with van der Waals surface area (Å²) in [6, 6.07) is 17.2. The number of amides is 1. The van der Waals surface area contributed by atoms with Crippen LogP contribution >= 0.6 is 0 Å². The van der Waals surface area contributed by atoms with Gasteiger partial charge in [-0.15, -0.1) is 0 Å². The van der Waals surface area contributed by atoms with Gasteiger partial charge in [0.05, 0.1) is 21.3 Å². The monoisotopic (exact) mass is 675 g/mol. The Morgan fingerprint density at radius 1 is 0.935 bits per heavy atom. The van der Waals surface area contributed by atoms with Gasteiger partial charge in [0, 0.05) is 37.0 Å². The van der Waals surface area contributed by atoms with Gasteiger partial charge in [-0.05, 0) is 67.1 Å². The molecule has 1 amide bonds. The summed E-state index contributed by atoms with van der Waals surface area (Å²) in [6.45, 7) is 3.76. The van der Waals surface area contributed by atoms with Gasteiger partial charge in [-0.25, -0.2) is 16.8 Å². The Kier molecular flexibility index (Phi) is 13.2. The summed E-state index contributed by atoms with van der Waals surface area (Å²) in [7, 11) is -8.13. The quantitative estimate of drug-likeness (QED) is 0.0676. The highest BCUT2D eigenvalue weighted by atomic mass is 32.2. The molecule has 2 atom stereocenters. The van der Waals surface area contributed by atoms with E-state index in [9.17, 15) is 36.9 Å². The highest BCUT2D eigenvalue weighted by Crippen LogP contribution is 2.23. The number of nitro benzene ring substituents is 1. The van der Waals surface area contributed by atoms with Crippen LogP contribution in [0.5, 0.6) is 0 Å². The molecule has 3 aromatic carbocycles. The van der Waals surface area contributed by atoms with E-state index in [0.717, 1.165) is 24.3 Å². The van der Waals surface area contributed by atoms with E-state index in [1.807, 2.05) is 13.8 Å². The lowest BCUT2D eigenvalue weighted by Crippen LogP contribution is -2.48. The van der Waals surface area contributed by atoms with Crippen molar-refractivity contribution in [2.75, 3.05) is 25.4 Å². The summed E-state index contributed by atoms with van der Waals surface area (Å²) in [4.78, 5) is 23.4. The number of unbranched alkanes of at least 4 members (excludes halogenated alkanes) is 1. The Morgan fingerprint density at radius 2 is 1.54 bits per heavy atom. The molecule has 3 aromatic rings. The lowest BCUT2D eigenvalue weighted by atomic mass is 10.1. The first-order valence-electron chi connectivity index (χ1n) is 14.8. The van der Waals surface area contributed by atoms with Crippen LogP contribution in [0.15, 0.2) is 88.7 Å². The second-order valence-electron chi connectivity index (χ2n) is 11.3. The summed E-state index contributed by atoms with van der Waals surface area (Å²) in [6.07, 6.45) is 1.29. The second kappa shape index (κ2) is 16.6. The summed E-state index contributed by atoms with van der Waals surface area (Å²) >= 11 is 0. The number of carbonyl (C=O) groups excluding carboxylic acids is 1. The molecule has 0 aromatic heterocycles. The molecule has 3 rings (SSSR count). The molecule has 0 aliphatic carbocycles. The van der Waals surface area contributed by atoms with Crippen LogP contribution in [0.1, 0.15) is 38.7 Å². The van der Waals surface area contributed by atoms with Crippen LogP contribution in [-0.4, -0.2) is 68.9 Å². The SMILES string of the molecule is CC(C)CN([C@H](CO)CCCCNC(=O)[C@H](Cc1ccccc1)NS(=O)(=O)c1ccc([N+](=O)[O-])cc1)S(=O)(=O)c1ccc(N)cc1. The number of hydrogen-bond donors (Lipinski definition) is 4. The van der Waals surface area contributed by atoms with Crippen molar-refractivity contribution in [3.8, 4) is 0 Å². The number of nitrogens with one attached hydrogen (secondary N) is 2. The van der Waals surface area contributed by atoms with Gasteiger partial charge in [0.25, 0.3) is 5.69 Å². The minimum absolute atomic E-state index is 0.00627. The number of sulfonamides is 2. The summed E-state index contributed by atoms with van der Waals surface area (Å²) in [5.74, 6) is -0.575. The van der Waals surface area contributed by atoms with Crippen LogP contribution in [0.2, 0.25) is 0 Å². The summed E-state index contributed by atoms with van der Waals surface area (Å²) < 4.78 is 56.9. The fourth-order valence-corrected chi connectivity index (χ4v) is 7.79. The van der Waals surface area contributed by atoms with Gasteiger partial charge in [-0.1, -0.05) is 50.6 Å². The number of nitrogens with two attached hydrogens (primary N) is 1. The van der Waals surface area contributed by atoms with Crippen LogP contribution in [0.25, 0.3) is 0 Å². The molecule has 5 N–H and O–H groups in total. The molecule has 0 fully saturated rings. The van der Waals surface area contributed by atoms with E-state index in [4.69, 9.17) is 5.73 Å². The van der Waals surface area contributed by atoms with Crippen molar-refractivity contribution in [1.82, 2.24) is 14.3 Å². The van der Waals surface area contributed by atoms with E-state index in [1.165, 1.54) is 28.6 Å². The Balaban J connectivity index is 1.65.